The number of hydrogen-bond donors (Lipinski definition) is 1. The summed E-state index contributed by atoms with van der Waals surface area (Å²) < 4.78 is 15.0. The van der Waals surface area contributed by atoms with Gasteiger partial charge in [-0.05, 0) is 19.1 Å². The van der Waals surface area contributed by atoms with Crippen molar-refractivity contribution < 1.29 is 9.50 Å². The number of aliphatic hydroxyl groups is 1. The molecule has 84 valence electrons. The maximum absolute atomic E-state index is 13.4. The predicted molar refractivity (Wildman–Crippen MR) is 56.2 cm³/mol. The predicted octanol–water partition coefficient (Wildman–Crippen LogP) is 1.52. The molecular weight excluding hydrogens is 209 g/mol. The molecule has 2 rings (SSSR count). The smallest absolute Gasteiger partial charge is 0.147 e. The van der Waals surface area contributed by atoms with Gasteiger partial charge in [-0.3, -0.25) is 9.67 Å². The molecular formula is C11H12FN3O. The Bertz CT molecular complexity index is 484. The molecule has 0 aromatic carbocycles. The van der Waals surface area contributed by atoms with Crippen LogP contribution in [0.5, 0.6) is 0 Å². The van der Waals surface area contributed by atoms with Crippen molar-refractivity contribution in [1.82, 2.24) is 14.8 Å². The van der Waals surface area contributed by atoms with Gasteiger partial charge in [0.25, 0.3) is 0 Å². The standard InChI is InChI=1S/C11H12FN3O/c1-2-15-7-8(6-14-15)11(16)10-9(12)4-3-5-13-10/h3-7,11,16H,2H2,1H3. The lowest BCUT2D eigenvalue weighted by atomic mass is 10.1. The molecule has 0 bridgehead atoms. The Hall–Kier alpha value is -1.75. The SMILES string of the molecule is CCn1cc(C(O)c2ncccc2F)cn1. The summed E-state index contributed by atoms with van der Waals surface area (Å²) in [5.74, 6) is -0.515. The number of hydrogen-bond acceptors (Lipinski definition) is 3. The number of rotatable bonds is 3. The second-order valence-electron chi connectivity index (χ2n) is 3.40. The fourth-order valence-corrected chi connectivity index (χ4v) is 1.45. The summed E-state index contributed by atoms with van der Waals surface area (Å²) in [7, 11) is 0. The molecule has 0 aliphatic carbocycles. The highest BCUT2D eigenvalue weighted by Gasteiger charge is 2.17. The third-order valence-electron chi connectivity index (χ3n) is 2.34. The van der Waals surface area contributed by atoms with Gasteiger partial charge in [0.05, 0.1) is 6.20 Å². The maximum atomic E-state index is 13.4. The van der Waals surface area contributed by atoms with Gasteiger partial charge in [0.1, 0.15) is 17.6 Å². The molecule has 0 aliphatic heterocycles. The van der Waals surface area contributed by atoms with Crippen LogP contribution >= 0.6 is 0 Å². The largest absolute Gasteiger partial charge is 0.382 e. The summed E-state index contributed by atoms with van der Waals surface area (Å²) >= 11 is 0. The summed E-state index contributed by atoms with van der Waals surface area (Å²) in [5.41, 5.74) is 0.567. The lowest BCUT2D eigenvalue weighted by Crippen LogP contribution is -2.04. The van der Waals surface area contributed by atoms with Gasteiger partial charge in [0.2, 0.25) is 0 Å². The second kappa shape index (κ2) is 4.40. The van der Waals surface area contributed by atoms with Gasteiger partial charge in [-0.2, -0.15) is 5.10 Å². The monoisotopic (exact) mass is 221 g/mol. The Labute approximate surface area is 92.4 Å². The van der Waals surface area contributed by atoms with E-state index in [1.807, 2.05) is 6.92 Å². The van der Waals surface area contributed by atoms with Crippen LogP contribution in [-0.2, 0) is 6.54 Å². The Morgan fingerprint density at radius 2 is 2.38 bits per heavy atom. The molecule has 0 fully saturated rings. The van der Waals surface area contributed by atoms with Crippen LogP contribution in [0.4, 0.5) is 4.39 Å². The summed E-state index contributed by atoms with van der Waals surface area (Å²) in [6.07, 6.45) is 3.58. The van der Waals surface area contributed by atoms with E-state index < -0.39 is 11.9 Å². The van der Waals surface area contributed by atoms with Crippen molar-refractivity contribution in [2.24, 2.45) is 0 Å². The van der Waals surface area contributed by atoms with Crippen LogP contribution < -0.4 is 0 Å². The van der Waals surface area contributed by atoms with Gasteiger partial charge in [-0.25, -0.2) is 4.39 Å². The van der Waals surface area contributed by atoms with E-state index in [0.29, 0.717) is 12.1 Å². The molecule has 1 N–H and O–H groups in total. The zero-order chi connectivity index (χ0) is 11.5. The van der Waals surface area contributed by atoms with Crippen LogP contribution in [0.3, 0.4) is 0 Å². The van der Waals surface area contributed by atoms with E-state index in [2.05, 4.69) is 10.1 Å². The first-order valence-corrected chi connectivity index (χ1v) is 5.03. The van der Waals surface area contributed by atoms with Crippen LogP contribution in [0.25, 0.3) is 0 Å². The van der Waals surface area contributed by atoms with E-state index in [1.165, 1.54) is 24.5 Å². The minimum atomic E-state index is -1.07. The van der Waals surface area contributed by atoms with E-state index in [9.17, 15) is 9.50 Å². The van der Waals surface area contributed by atoms with Crippen LogP contribution in [0.15, 0.2) is 30.7 Å². The molecule has 1 atom stereocenters. The molecule has 2 heterocycles. The van der Waals surface area contributed by atoms with Gasteiger partial charge in [0, 0.05) is 24.5 Å². The third-order valence-corrected chi connectivity index (χ3v) is 2.34. The van der Waals surface area contributed by atoms with Gasteiger partial charge < -0.3 is 5.11 Å². The van der Waals surface area contributed by atoms with Gasteiger partial charge in [-0.15, -0.1) is 0 Å². The maximum Gasteiger partial charge on any atom is 0.147 e. The molecule has 0 amide bonds. The van der Waals surface area contributed by atoms with Gasteiger partial charge in [-0.1, -0.05) is 0 Å². The fraction of sp³-hybridized carbons (Fsp3) is 0.273. The highest BCUT2D eigenvalue weighted by atomic mass is 19.1. The van der Waals surface area contributed by atoms with Gasteiger partial charge >= 0.3 is 0 Å². The normalized spacial score (nSPS) is 12.7. The Morgan fingerprint density at radius 1 is 1.56 bits per heavy atom. The van der Waals surface area contributed by atoms with Crippen molar-refractivity contribution in [3.05, 3.63) is 47.8 Å². The summed E-state index contributed by atoms with van der Waals surface area (Å²) in [4.78, 5) is 3.83. The average Bonchev–Trinajstić information content (AvgIpc) is 2.77. The molecule has 0 aliphatic rings. The number of nitrogens with zero attached hydrogens (tertiary/aromatic N) is 3. The number of pyridine rings is 1. The molecule has 0 saturated heterocycles. The second-order valence-corrected chi connectivity index (χ2v) is 3.40. The zero-order valence-electron chi connectivity index (χ0n) is 8.84. The zero-order valence-corrected chi connectivity index (χ0v) is 8.84. The van der Waals surface area contributed by atoms with E-state index >= 15 is 0 Å². The lowest BCUT2D eigenvalue weighted by Gasteiger charge is -2.07. The van der Waals surface area contributed by atoms with Crippen molar-refractivity contribution >= 4 is 0 Å². The van der Waals surface area contributed by atoms with E-state index in [-0.39, 0.29) is 5.69 Å². The Morgan fingerprint density at radius 3 is 3.00 bits per heavy atom. The molecule has 0 radical (unpaired) electrons. The van der Waals surface area contributed by atoms with E-state index in [0.717, 1.165) is 0 Å². The minimum absolute atomic E-state index is 0.0261. The van der Waals surface area contributed by atoms with Crippen molar-refractivity contribution in [3.8, 4) is 0 Å². The Balaban J connectivity index is 2.31. The van der Waals surface area contributed by atoms with Crippen molar-refractivity contribution in [2.45, 2.75) is 19.6 Å². The molecule has 2 aromatic heterocycles. The summed E-state index contributed by atoms with van der Waals surface area (Å²) in [6.45, 7) is 2.64. The van der Waals surface area contributed by atoms with Crippen molar-refractivity contribution in [1.29, 1.82) is 0 Å². The molecule has 1 unspecified atom stereocenters. The highest BCUT2D eigenvalue weighted by molar-refractivity contribution is 5.22. The first-order chi connectivity index (χ1) is 7.72. The van der Waals surface area contributed by atoms with Crippen LogP contribution in [0.2, 0.25) is 0 Å². The molecule has 2 aromatic rings. The first kappa shape index (κ1) is 10.8. The van der Waals surface area contributed by atoms with Crippen LogP contribution in [0, 0.1) is 5.82 Å². The lowest BCUT2D eigenvalue weighted by molar-refractivity contribution is 0.209. The Kier molecular flexibility index (Phi) is 2.96. The van der Waals surface area contributed by atoms with Gasteiger partial charge in [0.15, 0.2) is 0 Å². The first-order valence-electron chi connectivity index (χ1n) is 5.03. The van der Waals surface area contributed by atoms with Crippen LogP contribution in [0.1, 0.15) is 24.3 Å². The van der Waals surface area contributed by atoms with Crippen molar-refractivity contribution in [2.75, 3.05) is 0 Å². The average molecular weight is 221 g/mol. The quantitative estimate of drug-likeness (QED) is 0.854. The molecule has 4 nitrogen and oxygen atoms in total. The number of aliphatic hydroxyl groups excluding tert-OH is 1. The molecule has 16 heavy (non-hydrogen) atoms. The molecule has 0 saturated carbocycles. The number of aromatic nitrogens is 3. The van der Waals surface area contributed by atoms with Crippen LogP contribution in [-0.4, -0.2) is 19.9 Å². The van der Waals surface area contributed by atoms with E-state index in [4.69, 9.17) is 0 Å². The minimum Gasteiger partial charge on any atom is -0.382 e. The highest BCUT2D eigenvalue weighted by Crippen LogP contribution is 2.21. The third kappa shape index (κ3) is 1.94. The topological polar surface area (TPSA) is 50.9 Å². The molecule has 0 spiro atoms. The fourth-order valence-electron chi connectivity index (χ4n) is 1.45. The van der Waals surface area contributed by atoms with Crippen molar-refractivity contribution in [3.63, 3.8) is 0 Å². The molecule has 5 heteroatoms. The van der Waals surface area contributed by atoms with E-state index in [1.54, 1.807) is 10.9 Å². The summed E-state index contributed by atoms with van der Waals surface area (Å²) in [5, 5.41) is 13.9. The number of aryl methyl sites for hydroxylation is 1. The number of halogens is 1. The summed E-state index contributed by atoms with van der Waals surface area (Å²) in [6, 6.07) is 2.76.